The minimum atomic E-state index is -1.36. The summed E-state index contributed by atoms with van der Waals surface area (Å²) in [6, 6.07) is 2.34. The van der Waals surface area contributed by atoms with Crippen LogP contribution in [0.15, 0.2) is 12.1 Å². The lowest BCUT2D eigenvalue weighted by Crippen LogP contribution is -2.09. The molecule has 0 fully saturated rings. The van der Waals surface area contributed by atoms with E-state index in [-0.39, 0.29) is 17.9 Å². The number of nitrogens with two attached hydrogens (primary N) is 1. The summed E-state index contributed by atoms with van der Waals surface area (Å²) in [5.74, 6) is -1.33. The first-order valence-corrected chi connectivity index (χ1v) is 4.42. The fraction of sp³-hybridized carbons (Fsp3) is 0.222. The summed E-state index contributed by atoms with van der Waals surface area (Å²) in [7, 11) is 0. The van der Waals surface area contributed by atoms with E-state index >= 15 is 0 Å². The maximum Gasteiger partial charge on any atom is 0.341 e. The highest BCUT2D eigenvalue weighted by Crippen LogP contribution is 2.32. The number of nitrogen functional groups attached to an aromatic ring is 1. The van der Waals surface area contributed by atoms with Gasteiger partial charge in [-0.1, -0.05) is 0 Å². The van der Waals surface area contributed by atoms with Crippen LogP contribution >= 0.6 is 0 Å². The van der Waals surface area contributed by atoms with Crippen LogP contribution in [-0.4, -0.2) is 22.6 Å². The van der Waals surface area contributed by atoms with E-state index in [1.807, 2.05) is 0 Å². The number of aromatic carboxylic acids is 1. The van der Waals surface area contributed by atoms with Crippen molar-refractivity contribution in [3.8, 4) is 5.75 Å². The van der Waals surface area contributed by atoms with Gasteiger partial charge < -0.3 is 15.6 Å². The largest absolute Gasteiger partial charge is 0.493 e. The van der Waals surface area contributed by atoms with Crippen molar-refractivity contribution in [2.75, 3.05) is 12.3 Å². The van der Waals surface area contributed by atoms with Crippen molar-refractivity contribution in [3.05, 3.63) is 27.8 Å². The van der Waals surface area contributed by atoms with Crippen molar-refractivity contribution in [1.29, 1.82) is 0 Å². The van der Waals surface area contributed by atoms with E-state index in [2.05, 4.69) is 0 Å². The van der Waals surface area contributed by atoms with Crippen molar-refractivity contribution in [2.24, 2.45) is 0 Å². The zero-order valence-corrected chi connectivity index (χ0v) is 8.47. The molecule has 3 N–H and O–H groups in total. The van der Waals surface area contributed by atoms with Crippen LogP contribution < -0.4 is 10.5 Å². The molecule has 0 bridgehead atoms. The second-order valence-corrected chi connectivity index (χ2v) is 2.87. The molecule has 0 amide bonds. The molecule has 0 aliphatic rings. The number of nitrogens with zero attached hydrogens (tertiary/aromatic N) is 1. The van der Waals surface area contributed by atoms with E-state index in [0.29, 0.717) is 0 Å². The molecule has 16 heavy (non-hydrogen) atoms. The molecule has 86 valence electrons. The molecule has 1 aromatic rings. The number of rotatable bonds is 4. The molecule has 0 radical (unpaired) electrons. The molecular weight excluding hydrogens is 216 g/mol. The highest BCUT2D eigenvalue weighted by Gasteiger charge is 2.23. The van der Waals surface area contributed by atoms with Gasteiger partial charge in [-0.3, -0.25) is 10.1 Å². The third-order valence-electron chi connectivity index (χ3n) is 1.89. The topological polar surface area (TPSA) is 116 Å². The van der Waals surface area contributed by atoms with Gasteiger partial charge in [-0.2, -0.15) is 0 Å². The van der Waals surface area contributed by atoms with Gasteiger partial charge in [0.15, 0.2) is 0 Å². The van der Waals surface area contributed by atoms with Crippen LogP contribution in [0.5, 0.6) is 5.75 Å². The summed E-state index contributed by atoms with van der Waals surface area (Å²) in [5, 5.41) is 19.5. The third-order valence-corrected chi connectivity index (χ3v) is 1.89. The maximum absolute atomic E-state index is 10.9. The smallest absolute Gasteiger partial charge is 0.341 e. The lowest BCUT2D eigenvalue weighted by Gasteiger charge is -2.09. The molecule has 0 atom stereocenters. The summed E-state index contributed by atoms with van der Waals surface area (Å²) in [6.45, 7) is 1.92. The Hall–Kier alpha value is -2.31. The number of hydrogen-bond donors (Lipinski definition) is 2. The van der Waals surface area contributed by atoms with Gasteiger partial charge in [-0.15, -0.1) is 0 Å². The molecule has 0 aliphatic heterocycles. The van der Waals surface area contributed by atoms with E-state index < -0.39 is 22.3 Å². The number of hydrogen-bond acceptors (Lipinski definition) is 5. The number of nitro groups is 1. The first-order valence-electron chi connectivity index (χ1n) is 4.42. The second-order valence-electron chi connectivity index (χ2n) is 2.87. The van der Waals surface area contributed by atoms with E-state index in [1.165, 1.54) is 6.07 Å². The van der Waals surface area contributed by atoms with E-state index in [1.54, 1.807) is 6.92 Å². The molecule has 0 aromatic heterocycles. The van der Waals surface area contributed by atoms with Crippen LogP contribution in [0.2, 0.25) is 0 Å². The lowest BCUT2D eigenvalue weighted by molar-refractivity contribution is -0.383. The van der Waals surface area contributed by atoms with Crippen molar-refractivity contribution in [3.63, 3.8) is 0 Å². The van der Waals surface area contributed by atoms with Crippen LogP contribution in [0.25, 0.3) is 0 Å². The van der Waals surface area contributed by atoms with Crippen molar-refractivity contribution < 1.29 is 19.6 Å². The molecule has 7 nitrogen and oxygen atoms in total. The van der Waals surface area contributed by atoms with Gasteiger partial charge in [-0.05, 0) is 13.0 Å². The van der Waals surface area contributed by atoms with Gasteiger partial charge in [0.05, 0.1) is 11.5 Å². The van der Waals surface area contributed by atoms with Crippen molar-refractivity contribution >= 4 is 17.3 Å². The number of ether oxygens (including phenoxy) is 1. The van der Waals surface area contributed by atoms with Crippen molar-refractivity contribution in [1.82, 2.24) is 0 Å². The summed E-state index contributed by atoms with van der Waals surface area (Å²) in [6.07, 6.45) is 0. The van der Waals surface area contributed by atoms with Crippen LogP contribution in [-0.2, 0) is 0 Å². The molecule has 0 heterocycles. The zero-order valence-electron chi connectivity index (χ0n) is 8.47. The predicted molar refractivity (Wildman–Crippen MR) is 55.6 cm³/mol. The standard InChI is InChI=1S/C9H10N2O5/c1-2-16-6-4-3-5(11(14)15)8(10)7(6)9(12)13/h3-4H,2,10H2,1H3,(H,12,13). The lowest BCUT2D eigenvalue weighted by atomic mass is 10.1. The van der Waals surface area contributed by atoms with Crippen LogP contribution in [0.3, 0.4) is 0 Å². The Kier molecular flexibility index (Phi) is 3.29. The fourth-order valence-electron chi connectivity index (χ4n) is 1.24. The molecule has 0 saturated carbocycles. The molecule has 0 saturated heterocycles. The Labute approximate surface area is 90.6 Å². The normalized spacial score (nSPS) is 9.81. The third kappa shape index (κ3) is 2.02. The van der Waals surface area contributed by atoms with Gasteiger partial charge in [0.1, 0.15) is 17.0 Å². The van der Waals surface area contributed by atoms with Gasteiger partial charge in [0.25, 0.3) is 5.69 Å². The summed E-state index contributed by atoms with van der Waals surface area (Å²) in [4.78, 5) is 20.7. The van der Waals surface area contributed by atoms with E-state index in [4.69, 9.17) is 15.6 Å². The summed E-state index contributed by atoms with van der Waals surface area (Å²) in [5.41, 5.74) is 4.19. The Balaban J connectivity index is 3.41. The van der Waals surface area contributed by atoms with Crippen LogP contribution in [0.4, 0.5) is 11.4 Å². The average molecular weight is 226 g/mol. The predicted octanol–water partition coefficient (Wildman–Crippen LogP) is 1.27. The number of benzene rings is 1. The number of nitro benzene ring substituents is 1. The Morgan fingerprint density at radius 2 is 2.25 bits per heavy atom. The van der Waals surface area contributed by atoms with Gasteiger partial charge in [0, 0.05) is 6.07 Å². The summed E-state index contributed by atoms with van der Waals surface area (Å²) >= 11 is 0. The number of carboxylic acids is 1. The average Bonchev–Trinajstić information content (AvgIpc) is 2.17. The van der Waals surface area contributed by atoms with Crippen LogP contribution in [0.1, 0.15) is 17.3 Å². The molecular formula is C9H10N2O5. The monoisotopic (exact) mass is 226 g/mol. The first-order chi connectivity index (χ1) is 7.49. The molecule has 0 aliphatic carbocycles. The maximum atomic E-state index is 10.9. The summed E-state index contributed by atoms with van der Waals surface area (Å²) < 4.78 is 5.03. The quantitative estimate of drug-likeness (QED) is 0.453. The Morgan fingerprint density at radius 1 is 1.62 bits per heavy atom. The van der Waals surface area contributed by atoms with Crippen LogP contribution in [0, 0.1) is 10.1 Å². The number of carboxylic acid groups (broad SMARTS) is 1. The van der Waals surface area contributed by atoms with Crippen molar-refractivity contribution in [2.45, 2.75) is 6.92 Å². The highest BCUT2D eigenvalue weighted by atomic mass is 16.6. The molecule has 0 spiro atoms. The minimum absolute atomic E-state index is 0.0260. The van der Waals surface area contributed by atoms with E-state index in [9.17, 15) is 14.9 Å². The van der Waals surface area contributed by atoms with Gasteiger partial charge in [0.2, 0.25) is 0 Å². The second kappa shape index (κ2) is 4.47. The number of carbonyl (C=O) groups is 1. The minimum Gasteiger partial charge on any atom is -0.493 e. The molecule has 0 unspecified atom stereocenters. The fourth-order valence-corrected chi connectivity index (χ4v) is 1.24. The molecule has 1 aromatic carbocycles. The SMILES string of the molecule is CCOc1ccc([N+](=O)[O-])c(N)c1C(=O)O. The molecule has 7 heteroatoms. The highest BCUT2D eigenvalue weighted by molar-refractivity contribution is 5.99. The molecule has 1 rings (SSSR count). The van der Waals surface area contributed by atoms with Gasteiger partial charge in [-0.25, -0.2) is 4.79 Å². The Bertz CT molecular complexity index is 444. The Morgan fingerprint density at radius 3 is 2.69 bits per heavy atom. The zero-order chi connectivity index (χ0) is 12.3. The number of anilines is 1. The van der Waals surface area contributed by atoms with E-state index in [0.717, 1.165) is 6.07 Å². The van der Waals surface area contributed by atoms with Gasteiger partial charge >= 0.3 is 5.97 Å². The first kappa shape index (κ1) is 11.8.